The van der Waals surface area contributed by atoms with Crippen molar-refractivity contribution in [2.75, 3.05) is 33.1 Å². The summed E-state index contributed by atoms with van der Waals surface area (Å²) >= 11 is 1.85. The second-order valence-corrected chi connectivity index (χ2v) is 5.93. The lowest BCUT2D eigenvalue weighted by atomic mass is 10.3. The van der Waals surface area contributed by atoms with E-state index in [1.165, 1.54) is 0 Å². The molecule has 0 aromatic heterocycles. The molecule has 4 nitrogen and oxygen atoms in total. The molecule has 114 valence electrons. The van der Waals surface area contributed by atoms with Crippen molar-refractivity contribution >= 4 is 11.8 Å². The lowest BCUT2D eigenvalue weighted by molar-refractivity contribution is 0.105. The molecule has 2 N–H and O–H groups in total. The van der Waals surface area contributed by atoms with Crippen molar-refractivity contribution in [2.45, 2.75) is 24.7 Å². The van der Waals surface area contributed by atoms with Gasteiger partial charge in [-0.25, -0.2) is 0 Å². The summed E-state index contributed by atoms with van der Waals surface area (Å²) in [5.74, 6) is 1.34. The quantitative estimate of drug-likeness (QED) is 0.649. The second kappa shape index (κ2) is 9.91. The van der Waals surface area contributed by atoms with Gasteiger partial charge in [-0.15, -0.1) is 0 Å². The fraction of sp³-hybridized carbons (Fsp3) is 0.600. The fourth-order valence-corrected chi connectivity index (χ4v) is 2.03. The van der Waals surface area contributed by atoms with Crippen LogP contribution in [0.25, 0.3) is 0 Å². The number of rotatable bonds is 10. The molecule has 0 aliphatic carbocycles. The Balaban J connectivity index is 2.21. The van der Waals surface area contributed by atoms with Gasteiger partial charge in [0.15, 0.2) is 11.5 Å². The molecular formula is C15H25NO3S. The number of nitrogens with one attached hydrogen (secondary N) is 1. The van der Waals surface area contributed by atoms with Crippen LogP contribution in [0.2, 0.25) is 0 Å². The minimum atomic E-state index is -0.524. The van der Waals surface area contributed by atoms with Crippen LogP contribution < -0.4 is 14.8 Å². The van der Waals surface area contributed by atoms with Gasteiger partial charge < -0.3 is 19.9 Å². The average Bonchev–Trinajstić information content (AvgIpc) is 2.49. The molecule has 1 rings (SSSR count). The molecule has 0 aliphatic heterocycles. The molecule has 0 heterocycles. The number of benzene rings is 1. The van der Waals surface area contributed by atoms with E-state index >= 15 is 0 Å². The van der Waals surface area contributed by atoms with Gasteiger partial charge in [0.05, 0.1) is 7.11 Å². The lowest BCUT2D eigenvalue weighted by Crippen LogP contribution is -2.32. The van der Waals surface area contributed by atoms with Crippen LogP contribution >= 0.6 is 11.8 Å². The molecule has 0 amide bonds. The van der Waals surface area contributed by atoms with Gasteiger partial charge in [-0.1, -0.05) is 19.1 Å². The Morgan fingerprint density at radius 3 is 2.65 bits per heavy atom. The first kappa shape index (κ1) is 17.1. The van der Waals surface area contributed by atoms with Crippen molar-refractivity contribution in [1.82, 2.24) is 5.32 Å². The molecule has 2 atom stereocenters. The van der Waals surface area contributed by atoms with Gasteiger partial charge in [0, 0.05) is 11.8 Å². The molecule has 0 bridgehead atoms. The third-order valence-electron chi connectivity index (χ3n) is 3.01. The van der Waals surface area contributed by atoms with E-state index in [4.69, 9.17) is 9.47 Å². The van der Waals surface area contributed by atoms with Gasteiger partial charge in [0.1, 0.15) is 12.7 Å². The summed E-state index contributed by atoms with van der Waals surface area (Å²) in [5, 5.41) is 13.7. The molecule has 1 aromatic carbocycles. The summed E-state index contributed by atoms with van der Waals surface area (Å²) in [6.07, 6.45) is 2.69. The molecule has 2 unspecified atom stereocenters. The first-order valence-electron chi connectivity index (χ1n) is 6.84. The van der Waals surface area contributed by atoms with Crippen molar-refractivity contribution in [2.24, 2.45) is 0 Å². The highest BCUT2D eigenvalue weighted by molar-refractivity contribution is 7.99. The first-order chi connectivity index (χ1) is 9.67. The third kappa shape index (κ3) is 6.50. The minimum Gasteiger partial charge on any atom is -0.493 e. The van der Waals surface area contributed by atoms with Gasteiger partial charge in [-0.3, -0.25) is 0 Å². The van der Waals surface area contributed by atoms with Crippen molar-refractivity contribution in [3.05, 3.63) is 24.3 Å². The highest BCUT2D eigenvalue weighted by Gasteiger charge is 2.08. The Bertz CT molecular complexity index is 376. The first-order valence-corrected chi connectivity index (χ1v) is 8.13. The minimum absolute atomic E-state index is 0.255. The molecule has 0 radical (unpaired) electrons. The Labute approximate surface area is 125 Å². The van der Waals surface area contributed by atoms with Crippen LogP contribution in [-0.2, 0) is 0 Å². The average molecular weight is 299 g/mol. The van der Waals surface area contributed by atoms with Gasteiger partial charge in [-0.05, 0) is 31.4 Å². The Hall–Kier alpha value is -0.910. The molecule has 0 aliphatic rings. The number of methoxy groups -OCH3 is 1. The van der Waals surface area contributed by atoms with Crippen LogP contribution in [-0.4, -0.2) is 49.5 Å². The van der Waals surface area contributed by atoms with E-state index in [-0.39, 0.29) is 6.61 Å². The van der Waals surface area contributed by atoms with Crippen LogP contribution in [0, 0.1) is 0 Å². The smallest absolute Gasteiger partial charge is 0.161 e. The lowest BCUT2D eigenvalue weighted by Gasteiger charge is -2.15. The normalized spacial score (nSPS) is 13.8. The predicted octanol–water partition coefficient (Wildman–Crippen LogP) is 2.17. The Kier molecular flexibility index (Phi) is 8.49. The van der Waals surface area contributed by atoms with E-state index in [2.05, 4.69) is 18.5 Å². The topological polar surface area (TPSA) is 50.7 Å². The number of thioether (sulfide) groups is 1. The number of aliphatic hydroxyl groups excluding tert-OH is 1. The Morgan fingerprint density at radius 1 is 1.30 bits per heavy atom. The van der Waals surface area contributed by atoms with Gasteiger partial charge in [0.2, 0.25) is 0 Å². The third-order valence-corrected chi connectivity index (χ3v) is 4.05. The molecule has 0 spiro atoms. The van der Waals surface area contributed by atoms with Gasteiger partial charge in [-0.2, -0.15) is 11.8 Å². The van der Waals surface area contributed by atoms with Gasteiger partial charge in [0.25, 0.3) is 0 Å². The maximum Gasteiger partial charge on any atom is 0.161 e. The number of para-hydroxylation sites is 2. The van der Waals surface area contributed by atoms with Crippen LogP contribution in [0.3, 0.4) is 0 Å². The van der Waals surface area contributed by atoms with E-state index < -0.39 is 6.10 Å². The van der Waals surface area contributed by atoms with Crippen molar-refractivity contribution < 1.29 is 14.6 Å². The number of aliphatic hydroxyl groups is 1. The monoisotopic (exact) mass is 299 g/mol. The summed E-state index contributed by atoms with van der Waals surface area (Å²) in [7, 11) is 1.60. The summed E-state index contributed by atoms with van der Waals surface area (Å²) in [6, 6.07) is 7.44. The highest BCUT2D eigenvalue weighted by Crippen LogP contribution is 2.25. The van der Waals surface area contributed by atoms with E-state index in [1.807, 2.05) is 36.0 Å². The number of hydrogen-bond donors (Lipinski definition) is 2. The fourth-order valence-electron chi connectivity index (χ4n) is 1.67. The zero-order chi connectivity index (χ0) is 14.8. The molecular weight excluding hydrogens is 274 g/mol. The largest absolute Gasteiger partial charge is 0.493 e. The van der Waals surface area contributed by atoms with E-state index in [1.54, 1.807) is 7.11 Å². The van der Waals surface area contributed by atoms with Crippen molar-refractivity contribution in [3.8, 4) is 11.5 Å². The maximum atomic E-state index is 9.86. The van der Waals surface area contributed by atoms with Gasteiger partial charge >= 0.3 is 0 Å². The molecule has 0 saturated heterocycles. The van der Waals surface area contributed by atoms with Crippen molar-refractivity contribution in [3.63, 3.8) is 0 Å². The molecule has 0 saturated carbocycles. The summed E-state index contributed by atoms with van der Waals surface area (Å²) < 4.78 is 10.8. The number of ether oxygens (including phenoxy) is 2. The van der Waals surface area contributed by atoms with Crippen LogP contribution in [0.15, 0.2) is 24.3 Å². The maximum absolute atomic E-state index is 9.86. The van der Waals surface area contributed by atoms with Crippen LogP contribution in [0.5, 0.6) is 11.5 Å². The SMILES string of the molecule is COc1ccccc1OCC(O)CNCCC(C)SC. The zero-order valence-electron chi connectivity index (χ0n) is 12.5. The standard InChI is InChI=1S/C15H25NO3S/c1-12(20-3)8-9-16-10-13(17)11-19-15-7-5-4-6-14(15)18-2/h4-7,12-13,16-17H,8-11H2,1-3H3. The second-order valence-electron chi connectivity index (χ2n) is 4.65. The summed E-state index contributed by atoms with van der Waals surface area (Å²) in [4.78, 5) is 0. The van der Waals surface area contributed by atoms with Crippen molar-refractivity contribution in [1.29, 1.82) is 0 Å². The predicted molar refractivity (Wildman–Crippen MR) is 85.0 cm³/mol. The van der Waals surface area contributed by atoms with E-state index in [0.717, 1.165) is 13.0 Å². The molecule has 5 heteroatoms. The Morgan fingerprint density at radius 2 is 2.00 bits per heavy atom. The number of hydrogen-bond acceptors (Lipinski definition) is 5. The summed E-state index contributed by atoms with van der Waals surface area (Å²) in [6.45, 7) is 3.91. The molecule has 1 aromatic rings. The highest BCUT2D eigenvalue weighted by atomic mass is 32.2. The molecule has 0 fully saturated rings. The van der Waals surface area contributed by atoms with E-state index in [9.17, 15) is 5.11 Å². The van der Waals surface area contributed by atoms with E-state index in [0.29, 0.717) is 23.3 Å². The van der Waals surface area contributed by atoms with Crippen LogP contribution in [0.4, 0.5) is 0 Å². The zero-order valence-corrected chi connectivity index (χ0v) is 13.3. The van der Waals surface area contributed by atoms with Crippen LogP contribution in [0.1, 0.15) is 13.3 Å². The molecule has 20 heavy (non-hydrogen) atoms. The summed E-state index contributed by atoms with van der Waals surface area (Å²) in [5.41, 5.74) is 0.